The van der Waals surface area contributed by atoms with E-state index in [9.17, 15) is 0 Å². The number of hydrogen-bond donors (Lipinski definition) is 0. The highest BCUT2D eigenvalue weighted by Gasteiger charge is 2.23. The van der Waals surface area contributed by atoms with Gasteiger partial charge in [-0.15, -0.1) is 0 Å². The van der Waals surface area contributed by atoms with Gasteiger partial charge in [-0.05, 0) is 42.8 Å². The summed E-state index contributed by atoms with van der Waals surface area (Å²) in [6.07, 6.45) is 0.567. The van der Waals surface area contributed by atoms with Crippen LogP contribution in [-0.4, -0.2) is 19.9 Å². The molecule has 0 atom stereocenters. The van der Waals surface area contributed by atoms with Gasteiger partial charge < -0.3 is 4.52 Å². The maximum atomic E-state index is 6.53. The van der Waals surface area contributed by atoms with Crippen LogP contribution in [0.3, 0.4) is 0 Å². The van der Waals surface area contributed by atoms with Crippen molar-refractivity contribution in [1.29, 1.82) is 0 Å². The van der Waals surface area contributed by atoms with Crippen LogP contribution in [0.4, 0.5) is 0 Å². The number of rotatable bonds is 5. The number of benzene rings is 3. The Kier molecular flexibility index (Phi) is 5.94. The number of nitrogens with zero attached hydrogens (tertiary/aromatic N) is 4. The molecule has 164 valence electrons. The highest BCUT2D eigenvalue weighted by Crippen LogP contribution is 2.36. The highest BCUT2D eigenvalue weighted by atomic mass is 35.5. The predicted octanol–water partition coefficient (Wildman–Crippen LogP) is 7.45. The van der Waals surface area contributed by atoms with E-state index in [2.05, 4.69) is 10.1 Å². The van der Waals surface area contributed by atoms with Crippen molar-refractivity contribution in [3.8, 4) is 28.5 Å². The van der Waals surface area contributed by atoms with Gasteiger partial charge in [-0.3, -0.25) is 0 Å². The monoisotopic (exact) mass is 494 g/mol. The van der Waals surface area contributed by atoms with Crippen LogP contribution in [0.2, 0.25) is 15.1 Å². The first-order valence-corrected chi connectivity index (χ1v) is 11.3. The molecule has 0 amide bonds. The van der Waals surface area contributed by atoms with E-state index in [-0.39, 0.29) is 0 Å². The van der Waals surface area contributed by atoms with Gasteiger partial charge in [0.05, 0.1) is 16.4 Å². The Bertz CT molecular complexity index is 1430. The average Bonchev–Trinajstić information content (AvgIpc) is 3.39. The molecule has 0 radical (unpaired) electrons. The molecule has 0 saturated heterocycles. The van der Waals surface area contributed by atoms with E-state index in [4.69, 9.17) is 44.4 Å². The molecule has 8 heteroatoms. The second kappa shape index (κ2) is 9.02. The minimum absolute atomic E-state index is 0.345. The van der Waals surface area contributed by atoms with Crippen LogP contribution in [0.5, 0.6) is 0 Å². The van der Waals surface area contributed by atoms with Gasteiger partial charge >= 0.3 is 0 Å². The number of aromatic nitrogens is 4. The lowest BCUT2D eigenvalue weighted by atomic mass is 10.1. The molecule has 0 aliphatic rings. The molecule has 0 aliphatic heterocycles. The maximum Gasteiger partial charge on any atom is 0.278 e. The largest absolute Gasteiger partial charge is 0.332 e. The molecule has 33 heavy (non-hydrogen) atoms. The second-order valence-electron chi connectivity index (χ2n) is 7.51. The maximum absolute atomic E-state index is 6.53. The van der Waals surface area contributed by atoms with Crippen LogP contribution in [0.15, 0.2) is 77.3 Å². The molecule has 0 N–H and O–H groups in total. The normalized spacial score (nSPS) is 11.2. The fourth-order valence-corrected chi connectivity index (χ4v) is 4.29. The molecule has 5 nitrogen and oxygen atoms in total. The van der Waals surface area contributed by atoms with Gasteiger partial charge in [0.2, 0.25) is 0 Å². The minimum Gasteiger partial charge on any atom is -0.332 e. The highest BCUT2D eigenvalue weighted by molar-refractivity contribution is 6.35. The summed E-state index contributed by atoms with van der Waals surface area (Å²) in [5.41, 5.74) is 5.00. The van der Waals surface area contributed by atoms with Crippen molar-refractivity contribution in [2.24, 2.45) is 0 Å². The van der Waals surface area contributed by atoms with Crippen molar-refractivity contribution in [3.05, 3.63) is 105 Å². The van der Waals surface area contributed by atoms with Crippen molar-refractivity contribution in [2.45, 2.75) is 13.3 Å². The molecule has 5 aromatic rings. The lowest BCUT2D eigenvalue weighted by molar-refractivity contribution is 0.422. The predicted molar refractivity (Wildman–Crippen MR) is 131 cm³/mol. The summed E-state index contributed by atoms with van der Waals surface area (Å²) >= 11 is 18.8. The molecular weight excluding hydrogens is 479 g/mol. The summed E-state index contributed by atoms with van der Waals surface area (Å²) in [6.45, 7) is 1.97. The third kappa shape index (κ3) is 4.40. The molecular formula is C25H17Cl3N4O. The zero-order valence-electron chi connectivity index (χ0n) is 17.5. The lowest BCUT2D eigenvalue weighted by Crippen LogP contribution is -2.00. The first-order valence-electron chi connectivity index (χ1n) is 10.2. The summed E-state index contributed by atoms with van der Waals surface area (Å²) in [6, 6.07) is 22.8. The van der Waals surface area contributed by atoms with E-state index in [1.54, 1.807) is 16.8 Å². The quantitative estimate of drug-likeness (QED) is 0.254. The minimum atomic E-state index is 0.345. The lowest BCUT2D eigenvalue weighted by Gasteiger charge is -2.11. The van der Waals surface area contributed by atoms with Gasteiger partial charge in [0, 0.05) is 27.6 Å². The van der Waals surface area contributed by atoms with Crippen LogP contribution < -0.4 is 0 Å². The Balaban J connectivity index is 1.63. The zero-order chi connectivity index (χ0) is 22.9. The second-order valence-corrected chi connectivity index (χ2v) is 8.79. The van der Waals surface area contributed by atoms with E-state index < -0.39 is 0 Å². The van der Waals surface area contributed by atoms with E-state index in [1.165, 1.54) is 0 Å². The molecule has 0 aliphatic carbocycles. The first kappa shape index (κ1) is 21.7. The van der Waals surface area contributed by atoms with E-state index in [0.29, 0.717) is 44.6 Å². The summed E-state index contributed by atoms with van der Waals surface area (Å²) in [7, 11) is 0. The molecule has 0 spiro atoms. The fourth-order valence-electron chi connectivity index (χ4n) is 3.67. The first-order chi connectivity index (χ1) is 16.0. The zero-order valence-corrected chi connectivity index (χ0v) is 19.7. The van der Waals surface area contributed by atoms with E-state index >= 15 is 0 Å². The summed E-state index contributed by atoms with van der Waals surface area (Å²) < 4.78 is 7.37. The van der Waals surface area contributed by atoms with Crippen molar-refractivity contribution in [2.75, 3.05) is 0 Å². The van der Waals surface area contributed by atoms with Crippen LogP contribution in [-0.2, 0) is 6.42 Å². The van der Waals surface area contributed by atoms with Gasteiger partial charge in [0.25, 0.3) is 5.89 Å². The molecule has 5 rings (SSSR count). The van der Waals surface area contributed by atoms with Gasteiger partial charge in [-0.1, -0.05) is 82.4 Å². The van der Waals surface area contributed by atoms with Crippen LogP contribution in [0, 0.1) is 6.92 Å². The Morgan fingerprint density at radius 2 is 1.61 bits per heavy atom. The topological polar surface area (TPSA) is 56.7 Å². The third-order valence-electron chi connectivity index (χ3n) is 5.25. The number of halogens is 3. The Hall–Kier alpha value is -3.12. The fraction of sp³-hybridized carbons (Fsp3) is 0.0800. The van der Waals surface area contributed by atoms with E-state index in [1.807, 2.05) is 67.6 Å². The Morgan fingerprint density at radius 1 is 0.879 bits per heavy atom. The Labute approximate surface area is 205 Å². The molecule has 0 bridgehead atoms. The van der Waals surface area contributed by atoms with Crippen LogP contribution in [0.1, 0.15) is 17.0 Å². The summed E-state index contributed by atoms with van der Waals surface area (Å²) in [4.78, 5) is 4.60. The van der Waals surface area contributed by atoms with Crippen LogP contribution in [0.25, 0.3) is 28.5 Å². The van der Waals surface area contributed by atoms with Crippen molar-refractivity contribution in [3.63, 3.8) is 0 Å². The molecule has 2 aromatic heterocycles. The SMILES string of the molecule is Cc1c(-c2nc(Cc3ccccc3)no2)nn(-c2ccc(Cl)cc2Cl)c1-c1ccc(Cl)cc1. The van der Waals surface area contributed by atoms with Crippen LogP contribution >= 0.6 is 34.8 Å². The third-order valence-corrected chi connectivity index (χ3v) is 6.04. The molecule has 0 fully saturated rings. The van der Waals surface area contributed by atoms with Crippen molar-refractivity contribution in [1.82, 2.24) is 19.9 Å². The van der Waals surface area contributed by atoms with Gasteiger partial charge in [-0.25, -0.2) is 4.68 Å². The molecule has 0 saturated carbocycles. The van der Waals surface area contributed by atoms with Gasteiger partial charge in [-0.2, -0.15) is 10.1 Å². The summed E-state index contributed by atoms with van der Waals surface area (Å²) in [5.74, 6) is 0.931. The molecule has 0 unspecified atom stereocenters. The number of hydrogen-bond acceptors (Lipinski definition) is 4. The van der Waals surface area contributed by atoms with Crippen molar-refractivity contribution < 1.29 is 4.52 Å². The van der Waals surface area contributed by atoms with Gasteiger partial charge in [0.1, 0.15) is 0 Å². The molecule has 2 heterocycles. The summed E-state index contributed by atoms with van der Waals surface area (Å²) in [5, 5.41) is 10.6. The molecule has 3 aromatic carbocycles. The standard InChI is InChI=1S/C25H17Cl3N4O/c1-15-23(25-29-22(31-33-25)13-16-5-3-2-4-6-16)30-32(21-12-11-19(27)14-20(21)28)24(15)17-7-9-18(26)10-8-17/h2-12,14H,13H2,1H3. The van der Waals surface area contributed by atoms with Gasteiger partial charge in [0.15, 0.2) is 11.5 Å². The van der Waals surface area contributed by atoms with E-state index in [0.717, 1.165) is 22.4 Å². The van der Waals surface area contributed by atoms with Crippen molar-refractivity contribution >= 4 is 34.8 Å². The average molecular weight is 496 g/mol. The smallest absolute Gasteiger partial charge is 0.278 e. The Morgan fingerprint density at radius 3 is 2.33 bits per heavy atom.